The van der Waals surface area contributed by atoms with Crippen LogP contribution in [-0.4, -0.2) is 52.4 Å². The fourth-order valence-electron chi connectivity index (χ4n) is 2.91. The Hall–Kier alpha value is -1.40. The van der Waals surface area contributed by atoms with Gasteiger partial charge in [-0.2, -0.15) is 5.10 Å². The third kappa shape index (κ3) is 3.02. The molecule has 0 saturated carbocycles. The number of aromatic nitrogens is 2. The molecule has 6 heteroatoms. The van der Waals surface area contributed by atoms with E-state index in [9.17, 15) is 4.79 Å². The van der Waals surface area contributed by atoms with E-state index in [0.717, 1.165) is 25.1 Å². The first-order valence-corrected chi connectivity index (χ1v) is 7.21. The fourth-order valence-corrected chi connectivity index (χ4v) is 2.91. The van der Waals surface area contributed by atoms with Gasteiger partial charge in [0.1, 0.15) is 6.04 Å². The van der Waals surface area contributed by atoms with Gasteiger partial charge in [0.15, 0.2) is 0 Å². The molecule has 1 aromatic rings. The van der Waals surface area contributed by atoms with Gasteiger partial charge >= 0.3 is 5.97 Å². The smallest absolute Gasteiger partial charge is 0.323 e. The minimum absolute atomic E-state index is 0.0303. The summed E-state index contributed by atoms with van der Waals surface area (Å²) >= 11 is 0. The van der Waals surface area contributed by atoms with Gasteiger partial charge in [0, 0.05) is 38.3 Å². The third-order valence-corrected chi connectivity index (χ3v) is 3.93. The van der Waals surface area contributed by atoms with Crippen LogP contribution in [0.5, 0.6) is 0 Å². The predicted molar refractivity (Wildman–Crippen MR) is 76.2 cm³/mol. The third-order valence-electron chi connectivity index (χ3n) is 3.93. The van der Waals surface area contributed by atoms with E-state index in [4.69, 9.17) is 10.5 Å². The van der Waals surface area contributed by atoms with E-state index in [2.05, 4.69) is 10.00 Å². The zero-order chi connectivity index (χ0) is 14.7. The second kappa shape index (κ2) is 6.37. The summed E-state index contributed by atoms with van der Waals surface area (Å²) in [6.07, 6.45) is 4.60. The Balaban J connectivity index is 2.07. The number of nitrogens with zero attached hydrogens (tertiary/aromatic N) is 3. The quantitative estimate of drug-likeness (QED) is 0.795. The van der Waals surface area contributed by atoms with E-state index >= 15 is 0 Å². The number of likely N-dealkylation sites (tertiary alicyclic amines) is 1. The van der Waals surface area contributed by atoms with E-state index in [0.29, 0.717) is 6.61 Å². The average Bonchev–Trinajstić information content (AvgIpc) is 2.97. The number of hydrogen-bond acceptors (Lipinski definition) is 5. The summed E-state index contributed by atoms with van der Waals surface area (Å²) in [5.74, 6) is 0.0845. The van der Waals surface area contributed by atoms with Crippen LogP contribution in [0.1, 0.15) is 31.7 Å². The van der Waals surface area contributed by atoms with Crippen LogP contribution in [0.4, 0.5) is 0 Å². The lowest BCUT2D eigenvalue weighted by atomic mass is 9.98. The van der Waals surface area contributed by atoms with Crippen LogP contribution < -0.4 is 5.73 Å². The van der Waals surface area contributed by atoms with Crippen LogP contribution >= 0.6 is 0 Å². The molecule has 0 aromatic carbocycles. The van der Waals surface area contributed by atoms with Crippen LogP contribution in [-0.2, 0) is 16.6 Å². The lowest BCUT2D eigenvalue weighted by molar-refractivity contribution is -0.149. The molecule has 1 fully saturated rings. The summed E-state index contributed by atoms with van der Waals surface area (Å²) in [4.78, 5) is 14.1. The van der Waals surface area contributed by atoms with Gasteiger partial charge in [-0.05, 0) is 18.9 Å². The molecule has 0 amide bonds. The van der Waals surface area contributed by atoms with E-state index in [1.165, 1.54) is 0 Å². The highest BCUT2D eigenvalue weighted by molar-refractivity contribution is 5.75. The number of hydrogen-bond donors (Lipinski definition) is 1. The summed E-state index contributed by atoms with van der Waals surface area (Å²) < 4.78 is 6.93. The number of rotatable bonds is 5. The van der Waals surface area contributed by atoms with Crippen molar-refractivity contribution in [3.05, 3.63) is 18.0 Å². The van der Waals surface area contributed by atoms with Crippen molar-refractivity contribution in [1.29, 1.82) is 0 Å². The van der Waals surface area contributed by atoms with Gasteiger partial charge in [-0.3, -0.25) is 14.4 Å². The molecule has 1 aliphatic heterocycles. The largest absolute Gasteiger partial charge is 0.465 e. The molecule has 0 bridgehead atoms. The second-order valence-corrected chi connectivity index (χ2v) is 5.35. The Morgan fingerprint density at radius 2 is 2.30 bits per heavy atom. The average molecular weight is 280 g/mol. The summed E-state index contributed by atoms with van der Waals surface area (Å²) in [6, 6.07) is -0.162. The topological polar surface area (TPSA) is 73.4 Å². The van der Waals surface area contributed by atoms with Crippen LogP contribution in [0.15, 0.2) is 12.4 Å². The van der Waals surface area contributed by atoms with Crippen LogP contribution in [0.3, 0.4) is 0 Å². The number of ether oxygens (including phenoxy) is 1. The molecule has 1 aliphatic rings. The summed E-state index contributed by atoms with van der Waals surface area (Å²) in [7, 11) is 1.90. The molecule has 2 N–H and O–H groups in total. The van der Waals surface area contributed by atoms with Gasteiger partial charge in [0.25, 0.3) is 0 Å². The molecule has 0 spiro atoms. The molecule has 6 nitrogen and oxygen atoms in total. The standard InChI is InChI=1S/C14H24N4O2/c1-4-13(14(19)20-5-2)18-8-11(12(15)9-18)10-6-16-17(3)7-10/h6-7,11-13H,4-5,8-9,15H2,1-3H3/t11-,12+,13?/m0/s1. The molecule has 0 radical (unpaired) electrons. The highest BCUT2D eigenvalue weighted by atomic mass is 16.5. The summed E-state index contributed by atoms with van der Waals surface area (Å²) in [5, 5.41) is 4.20. The lowest BCUT2D eigenvalue weighted by Gasteiger charge is -2.24. The molecule has 2 rings (SSSR count). The minimum Gasteiger partial charge on any atom is -0.465 e. The molecule has 112 valence electrons. The molecule has 1 unspecified atom stereocenters. The van der Waals surface area contributed by atoms with Crippen molar-refractivity contribution in [3.8, 4) is 0 Å². The van der Waals surface area contributed by atoms with Crippen molar-refractivity contribution in [2.75, 3.05) is 19.7 Å². The fraction of sp³-hybridized carbons (Fsp3) is 0.714. The van der Waals surface area contributed by atoms with E-state index < -0.39 is 0 Å². The van der Waals surface area contributed by atoms with Crippen molar-refractivity contribution in [2.24, 2.45) is 12.8 Å². The van der Waals surface area contributed by atoms with Gasteiger partial charge in [0.2, 0.25) is 0 Å². The molecular weight excluding hydrogens is 256 g/mol. The van der Waals surface area contributed by atoms with Crippen molar-refractivity contribution >= 4 is 5.97 Å². The SMILES string of the molecule is CCOC(=O)C(CC)N1C[C@@H](N)[C@H](c2cnn(C)c2)C1. The highest BCUT2D eigenvalue weighted by Crippen LogP contribution is 2.28. The summed E-state index contributed by atoms with van der Waals surface area (Å²) in [5.41, 5.74) is 7.39. The van der Waals surface area contributed by atoms with Crippen molar-refractivity contribution in [1.82, 2.24) is 14.7 Å². The van der Waals surface area contributed by atoms with Crippen LogP contribution in [0.2, 0.25) is 0 Å². The predicted octanol–water partition coefficient (Wildman–Crippen LogP) is 0.488. The molecule has 2 heterocycles. The van der Waals surface area contributed by atoms with E-state index in [-0.39, 0.29) is 24.0 Å². The van der Waals surface area contributed by atoms with Gasteiger partial charge < -0.3 is 10.5 Å². The first-order valence-electron chi connectivity index (χ1n) is 7.21. The molecular formula is C14H24N4O2. The first kappa shape index (κ1) is 15.0. The summed E-state index contributed by atoms with van der Waals surface area (Å²) in [6.45, 7) is 5.76. The molecule has 3 atom stereocenters. The van der Waals surface area contributed by atoms with Gasteiger partial charge in [-0.25, -0.2) is 0 Å². The number of esters is 1. The monoisotopic (exact) mass is 280 g/mol. The number of aryl methyl sites for hydroxylation is 1. The van der Waals surface area contributed by atoms with Gasteiger partial charge in [0.05, 0.1) is 12.8 Å². The number of carbonyl (C=O) groups excluding carboxylic acids is 1. The van der Waals surface area contributed by atoms with Gasteiger partial charge in [-0.1, -0.05) is 6.92 Å². The van der Waals surface area contributed by atoms with E-state index in [1.54, 1.807) is 4.68 Å². The maximum absolute atomic E-state index is 12.0. The van der Waals surface area contributed by atoms with E-state index in [1.807, 2.05) is 33.3 Å². The van der Waals surface area contributed by atoms with Crippen molar-refractivity contribution in [3.63, 3.8) is 0 Å². The Bertz CT molecular complexity index is 460. The van der Waals surface area contributed by atoms with Gasteiger partial charge in [-0.15, -0.1) is 0 Å². The Kier molecular flexibility index (Phi) is 4.77. The number of nitrogens with two attached hydrogens (primary N) is 1. The minimum atomic E-state index is -0.192. The van der Waals surface area contributed by atoms with Crippen molar-refractivity contribution < 1.29 is 9.53 Å². The van der Waals surface area contributed by atoms with Crippen molar-refractivity contribution in [2.45, 2.75) is 38.3 Å². The molecule has 0 aliphatic carbocycles. The maximum Gasteiger partial charge on any atom is 0.323 e. The normalized spacial score (nSPS) is 24.8. The second-order valence-electron chi connectivity index (χ2n) is 5.35. The number of carbonyl (C=O) groups is 1. The Labute approximate surface area is 119 Å². The zero-order valence-corrected chi connectivity index (χ0v) is 12.5. The maximum atomic E-state index is 12.0. The Morgan fingerprint density at radius 3 is 2.85 bits per heavy atom. The molecule has 20 heavy (non-hydrogen) atoms. The highest BCUT2D eigenvalue weighted by Gasteiger charge is 2.37. The molecule has 1 saturated heterocycles. The molecule has 1 aromatic heterocycles. The zero-order valence-electron chi connectivity index (χ0n) is 12.5. The first-order chi connectivity index (χ1) is 9.56. The Morgan fingerprint density at radius 1 is 1.55 bits per heavy atom. The lowest BCUT2D eigenvalue weighted by Crippen LogP contribution is -2.41. The van der Waals surface area contributed by atoms with Crippen LogP contribution in [0.25, 0.3) is 0 Å². The van der Waals surface area contributed by atoms with Crippen LogP contribution in [0, 0.1) is 0 Å².